The van der Waals surface area contributed by atoms with Crippen molar-refractivity contribution in [2.24, 2.45) is 0 Å². The first-order chi connectivity index (χ1) is 8.60. The molecule has 1 aromatic heterocycles. The van der Waals surface area contributed by atoms with Crippen LogP contribution < -0.4 is 16.0 Å². The summed E-state index contributed by atoms with van der Waals surface area (Å²) in [5, 5.41) is 10.0. The van der Waals surface area contributed by atoms with Crippen LogP contribution in [0.15, 0.2) is 6.07 Å². The summed E-state index contributed by atoms with van der Waals surface area (Å²) in [5.74, 6) is 1.40. The molecule has 96 valence electrons. The Bertz CT molecular complexity index is 490. The number of nitrogens with zero attached hydrogens (tertiary/aromatic N) is 3. The summed E-state index contributed by atoms with van der Waals surface area (Å²) in [7, 11) is 1.81. The molecule has 2 heterocycles. The fourth-order valence-electron chi connectivity index (χ4n) is 1.83. The van der Waals surface area contributed by atoms with Crippen LogP contribution in [0.4, 0.5) is 5.95 Å². The van der Waals surface area contributed by atoms with Crippen LogP contribution in [-0.2, 0) is 0 Å². The second kappa shape index (κ2) is 5.26. The lowest BCUT2D eigenvalue weighted by Crippen LogP contribution is -2.37. The SMILES string of the molecule is CNC(=S)[N+]1=C(Nc2nc(C)cc(C)n2)NCC1. The Kier molecular flexibility index (Phi) is 3.71. The van der Waals surface area contributed by atoms with E-state index in [1.54, 1.807) is 0 Å². The van der Waals surface area contributed by atoms with Gasteiger partial charge in [0, 0.05) is 18.4 Å². The number of thiocarbonyl (C=S) groups is 1. The molecule has 0 saturated heterocycles. The third kappa shape index (κ3) is 2.73. The highest BCUT2D eigenvalue weighted by Gasteiger charge is 2.22. The maximum atomic E-state index is 5.23. The van der Waals surface area contributed by atoms with Gasteiger partial charge in [0.2, 0.25) is 0 Å². The molecule has 1 aromatic rings. The highest BCUT2D eigenvalue weighted by molar-refractivity contribution is 7.79. The van der Waals surface area contributed by atoms with E-state index in [9.17, 15) is 0 Å². The van der Waals surface area contributed by atoms with E-state index in [-0.39, 0.29) is 0 Å². The maximum absolute atomic E-state index is 5.23. The average Bonchev–Trinajstić information content (AvgIpc) is 2.74. The summed E-state index contributed by atoms with van der Waals surface area (Å²) < 4.78 is 1.95. The third-order valence-electron chi connectivity index (χ3n) is 2.57. The molecule has 18 heavy (non-hydrogen) atoms. The topological polar surface area (TPSA) is 64.9 Å². The largest absolute Gasteiger partial charge is 0.317 e. The minimum Gasteiger partial charge on any atom is -0.315 e. The van der Waals surface area contributed by atoms with E-state index < -0.39 is 0 Å². The number of rotatable bonds is 1. The number of anilines is 1. The molecule has 7 heteroatoms. The summed E-state index contributed by atoms with van der Waals surface area (Å²) in [4.78, 5) is 8.69. The zero-order chi connectivity index (χ0) is 13.1. The van der Waals surface area contributed by atoms with E-state index in [0.717, 1.165) is 30.4 Å². The van der Waals surface area contributed by atoms with Gasteiger partial charge in [0.15, 0.2) is 0 Å². The normalized spacial score (nSPS) is 14.4. The fraction of sp³-hybridized carbons (Fsp3) is 0.455. The van der Waals surface area contributed by atoms with Crippen molar-refractivity contribution in [3.05, 3.63) is 17.5 Å². The first-order valence-corrected chi connectivity index (χ1v) is 6.20. The van der Waals surface area contributed by atoms with Gasteiger partial charge in [-0.05, 0) is 32.1 Å². The number of nitrogens with one attached hydrogen (secondary N) is 3. The molecule has 1 aliphatic rings. The number of aryl methyl sites for hydroxylation is 2. The van der Waals surface area contributed by atoms with Gasteiger partial charge in [0.25, 0.3) is 11.1 Å². The van der Waals surface area contributed by atoms with Crippen molar-refractivity contribution in [3.8, 4) is 0 Å². The minimum atomic E-state index is 0.584. The van der Waals surface area contributed by atoms with Crippen molar-refractivity contribution < 1.29 is 4.58 Å². The minimum absolute atomic E-state index is 0.584. The van der Waals surface area contributed by atoms with Gasteiger partial charge in [0.1, 0.15) is 0 Å². The van der Waals surface area contributed by atoms with Gasteiger partial charge in [-0.15, -0.1) is 0 Å². The quantitative estimate of drug-likeness (QED) is 0.490. The Morgan fingerprint density at radius 2 is 2.06 bits per heavy atom. The second-order valence-electron chi connectivity index (χ2n) is 4.08. The van der Waals surface area contributed by atoms with Crippen molar-refractivity contribution in [1.29, 1.82) is 0 Å². The molecule has 0 aromatic carbocycles. The van der Waals surface area contributed by atoms with Gasteiger partial charge in [-0.2, -0.15) is 0 Å². The lowest BCUT2D eigenvalue weighted by Gasteiger charge is -2.06. The van der Waals surface area contributed by atoms with Crippen LogP contribution in [0.1, 0.15) is 11.4 Å². The van der Waals surface area contributed by atoms with Gasteiger partial charge in [-0.1, -0.05) is 0 Å². The first-order valence-electron chi connectivity index (χ1n) is 5.79. The van der Waals surface area contributed by atoms with E-state index >= 15 is 0 Å². The summed E-state index contributed by atoms with van der Waals surface area (Å²) in [5.41, 5.74) is 1.87. The molecule has 0 amide bonds. The molecule has 0 aliphatic carbocycles. The number of hydrogen-bond donors (Lipinski definition) is 3. The zero-order valence-electron chi connectivity index (χ0n) is 10.7. The van der Waals surface area contributed by atoms with Crippen molar-refractivity contribution in [1.82, 2.24) is 20.6 Å². The predicted molar refractivity (Wildman–Crippen MR) is 74.9 cm³/mol. The summed E-state index contributed by atoms with van der Waals surface area (Å²) in [6, 6.07) is 1.94. The molecular formula is C11H17N6S+. The standard InChI is InChI=1S/C11H16N6S/c1-7-6-8(2)15-9(14-7)16-10-13-4-5-17(10)11(18)12-3/h6H,4-5H2,1-3H3,(H2,12,13,14,15,16,18)/p+1. The first kappa shape index (κ1) is 12.7. The second-order valence-corrected chi connectivity index (χ2v) is 4.47. The zero-order valence-corrected chi connectivity index (χ0v) is 11.6. The Labute approximate surface area is 112 Å². The van der Waals surface area contributed by atoms with Crippen molar-refractivity contribution in [2.75, 3.05) is 25.5 Å². The number of aromatic nitrogens is 2. The Hall–Kier alpha value is -1.76. The van der Waals surface area contributed by atoms with Crippen LogP contribution in [0.25, 0.3) is 0 Å². The Morgan fingerprint density at radius 1 is 1.39 bits per heavy atom. The highest BCUT2D eigenvalue weighted by atomic mass is 32.1. The van der Waals surface area contributed by atoms with Crippen LogP contribution in [0.5, 0.6) is 0 Å². The van der Waals surface area contributed by atoms with Gasteiger partial charge in [-0.3, -0.25) is 5.32 Å². The van der Waals surface area contributed by atoms with Crippen LogP contribution in [0.3, 0.4) is 0 Å². The molecule has 3 N–H and O–H groups in total. The fourth-order valence-corrected chi connectivity index (χ4v) is 2.01. The Morgan fingerprint density at radius 3 is 2.67 bits per heavy atom. The summed E-state index contributed by atoms with van der Waals surface area (Å²) in [6.07, 6.45) is 0. The summed E-state index contributed by atoms with van der Waals surface area (Å²) >= 11 is 5.23. The van der Waals surface area contributed by atoms with E-state index in [4.69, 9.17) is 12.2 Å². The van der Waals surface area contributed by atoms with Crippen molar-refractivity contribution in [3.63, 3.8) is 0 Å². The molecule has 0 atom stereocenters. The smallest absolute Gasteiger partial charge is 0.315 e. The molecule has 0 unspecified atom stereocenters. The number of guanidine groups is 1. The molecule has 0 bridgehead atoms. The molecule has 0 spiro atoms. The van der Waals surface area contributed by atoms with E-state index in [0.29, 0.717) is 11.1 Å². The van der Waals surface area contributed by atoms with Crippen LogP contribution in [0, 0.1) is 13.8 Å². The maximum Gasteiger partial charge on any atom is 0.317 e. The van der Waals surface area contributed by atoms with Crippen molar-refractivity contribution in [2.45, 2.75) is 13.8 Å². The molecule has 6 nitrogen and oxygen atoms in total. The van der Waals surface area contributed by atoms with Gasteiger partial charge < -0.3 is 5.32 Å². The molecule has 1 aliphatic heterocycles. The molecule has 0 fully saturated rings. The van der Waals surface area contributed by atoms with Gasteiger partial charge in [-0.25, -0.2) is 19.9 Å². The molecule has 2 rings (SSSR count). The predicted octanol–water partition coefficient (Wildman–Crippen LogP) is -0.0187. The van der Waals surface area contributed by atoms with Gasteiger partial charge in [0.05, 0.1) is 13.1 Å². The molecular weight excluding hydrogens is 248 g/mol. The van der Waals surface area contributed by atoms with Crippen LogP contribution in [-0.4, -0.2) is 45.8 Å². The van der Waals surface area contributed by atoms with E-state index in [1.165, 1.54) is 0 Å². The van der Waals surface area contributed by atoms with E-state index in [2.05, 4.69) is 25.9 Å². The molecule has 0 saturated carbocycles. The Balaban J connectivity index is 2.24. The van der Waals surface area contributed by atoms with Gasteiger partial charge >= 0.3 is 5.96 Å². The number of hydrogen-bond acceptors (Lipinski definition) is 5. The van der Waals surface area contributed by atoms with Crippen LogP contribution in [0.2, 0.25) is 0 Å². The highest BCUT2D eigenvalue weighted by Crippen LogP contribution is 2.04. The lowest BCUT2D eigenvalue weighted by atomic mass is 10.4. The summed E-state index contributed by atoms with van der Waals surface area (Å²) in [6.45, 7) is 5.56. The van der Waals surface area contributed by atoms with Crippen LogP contribution >= 0.6 is 12.2 Å². The monoisotopic (exact) mass is 265 g/mol. The van der Waals surface area contributed by atoms with Crippen molar-refractivity contribution >= 4 is 29.2 Å². The average molecular weight is 265 g/mol. The third-order valence-corrected chi connectivity index (χ3v) is 2.99. The van der Waals surface area contributed by atoms with E-state index in [1.807, 2.05) is 31.5 Å². The lowest BCUT2D eigenvalue weighted by molar-refractivity contribution is -0.395. The molecule has 0 radical (unpaired) electrons.